The highest BCUT2D eigenvalue weighted by atomic mass is 19.4. The lowest BCUT2D eigenvalue weighted by Crippen LogP contribution is -2.67. The zero-order valence-electron chi connectivity index (χ0n) is 14.0. The molecule has 10 heteroatoms. The van der Waals surface area contributed by atoms with Crippen molar-refractivity contribution in [2.75, 3.05) is 0 Å². The van der Waals surface area contributed by atoms with E-state index in [0.717, 1.165) is 0 Å². The predicted octanol–water partition coefficient (Wildman–Crippen LogP) is 4.92. The molecule has 2 nitrogen and oxygen atoms in total. The number of aliphatic hydroxyl groups is 2. The molecule has 2 fully saturated rings. The van der Waals surface area contributed by atoms with Gasteiger partial charge in [0.05, 0.1) is 11.2 Å². The Kier molecular flexibility index (Phi) is 5.38. The van der Waals surface area contributed by atoms with Gasteiger partial charge in [-0.15, -0.1) is 0 Å². The summed E-state index contributed by atoms with van der Waals surface area (Å²) in [6.07, 6.45) is -16.3. The summed E-state index contributed by atoms with van der Waals surface area (Å²) in [4.78, 5) is 0. The Bertz CT molecular complexity index is 511. The molecule has 2 aliphatic carbocycles. The number of rotatable bonds is 1. The third-order valence-electron chi connectivity index (χ3n) is 5.97. The van der Waals surface area contributed by atoms with Crippen molar-refractivity contribution >= 4 is 0 Å². The molecule has 2 saturated carbocycles. The maximum absolute atomic E-state index is 14.9. The molecule has 0 heterocycles. The zero-order chi connectivity index (χ0) is 20.1. The summed E-state index contributed by atoms with van der Waals surface area (Å²) in [6.45, 7) is 0. The normalized spacial score (nSPS) is 39.9. The van der Waals surface area contributed by atoms with Crippen LogP contribution >= 0.6 is 0 Å². The van der Waals surface area contributed by atoms with Gasteiger partial charge in [0, 0.05) is 6.42 Å². The molecule has 3 atom stereocenters. The van der Waals surface area contributed by atoms with Gasteiger partial charge in [-0.2, -0.15) is 26.3 Å². The second-order valence-electron chi connectivity index (χ2n) is 7.61. The fourth-order valence-electron chi connectivity index (χ4n) is 4.32. The van der Waals surface area contributed by atoms with Crippen LogP contribution in [0.2, 0.25) is 0 Å². The third kappa shape index (κ3) is 3.21. The Morgan fingerprint density at radius 2 is 0.962 bits per heavy atom. The van der Waals surface area contributed by atoms with Crippen LogP contribution in [-0.4, -0.2) is 45.1 Å². The molecule has 26 heavy (non-hydrogen) atoms. The molecule has 0 aliphatic heterocycles. The Labute approximate surface area is 145 Å². The van der Waals surface area contributed by atoms with Gasteiger partial charge in [0.1, 0.15) is 0 Å². The van der Waals surface area contributed by atoms with Gasteiger partial charge in [-0.1, -0.05) is 25.7 Å². The van der Waals surface area contributed by atoms with Crippen molar-refractivity contribution in [2.24, 2.45) is 0 Å². The van der Waals surface area contributed by atoms with Crippen molar-refractivity contribution in [2.45, 2.75) is 99.1 Å². The molecule has 2 N–H and O–H groups in total. The van der Waals surface area contributed by atoms with E-state index in [2.05, 4.69) is 0 Å². The second kappa shape index (κ2) is 6.46. The van der Waals surface area contributed by atoms with E-state index in [1.165, 1.54) is 0 Å². The first-order chi connectivity index (χ1) is 11.6. The Hall–Kier alpha value is -0.640. The van der Waals surface area contributed by atoms with Crippen LogP contribution in [-0.2, 0) is 0 Å². The SMILES string of the molecule is OC1(C2(O)CCCC(F)(C(F)(F)F)C(F)(C(F)(F)F)C2)CCCCCC1. The Morgan fingerprint density at radius 1 is 0.538 bits per heavy atom. The Balaban J connectivity index is 2.55. The first kappa shape index (κ1) is 21.7. The van der Waals surface area contributed by atoms with Crippen LogP contribution in [0.1, 0.15) is 64.2 Å². The third-order valence-corrected chi connectivity index (χ3v) is 5.97. The largest absolute Gasteiger partial charge is 0.426 e. The smallest absolute Gasteiger partial charge is 0.387 e. The highest BCUT2D eigenvalue weighted by Crippen LogP contribution is 2.61. The highest BCUT2D eigenvalue weighted by Gasteiger charge is 2.81. The molecule has 0 amide bonds. The lowest BCUT2D eigenvalue weighted by atomic mass is 9.69. The van der Waals surface area contributed by atoms with Crippen LogP contribution in [0.5, 0.6) is 0 Å². The summed E-state index contributed by atoms with van der Waals surface area (Å²) >= 11 is 0. The maximum Gasteiger partial charge on any atom is 0.426 e. The van der Waals surface area contributed by atoms with Crippen LogP contribution in [0.15, 0.2) is 0 Å². The molecule has 0 radical (unpaired) electrons. The van der Waals surface area contributed by atoms with Crippen molar-refractivity contribution in [1.29, 1.82) is 0 Å². The Morgan fingerprint density at radius 3 is 1.38 bits per heavy atom. The fraction of sp³-hybridized carbons (Fsp3) is 1.00. The summed E-state index contributed by atoms with van der Waals surface area (Å²) in [5, 5.41) is 21.5. The number of halogens is 8. The highest BCUT2D eigenvalue weighted by molar-refractivity contribution is 5.17. The molecule has 0 aromatic heterocycles. The molecule has 0 aromatic carbocycles. The van der Waals surface area contributed by atoms with Crippen molar-refractivity contribution < 1.29 is 45.3 Å². The van der Waals surface area contributed by atoms with Gasteiger partial charge in [0.2, 0.25) is 5.67 Å². The second-order valence-corrected chi connectivity index (χ2v) is 7.61. The monoisotopic (exact) mass is 398 g/mol. The van der Waals surface area contributed by atoms with Crippen molar-refractivity contribution in [3.05, 3.63) is 0 Å². The summed E-state index contributed by atoms with van der Waals surface area (Å²) < 4.78 is 109. The molecule has 3 unspecified atom stereocenters. The minimum absolute atomic E-state index is 0.178. The van der Waals surface area contributed by atoms with Crippen LogP contribution in [0.3, 0.4) is 0 Å². The van der Waals surface area contributed by atoms with Crippen LogP contribution in [0.4, 0.5) is 35.1 Å². The van der Waals surface area contributed by atoms with E-state index in [1.54, 1.807) is 0 Å². The average Bonchev–Trinajstić information content (AvgIpc) is 2.75. The topological polar surface area (TPSA) is 40.5 Å². The summed E-state index contributed by atoms with van der Waals surface area (Å²) in [5.74, 6) is 0. The predicted molar refractivity (Wildman–Crippen MR) is 75.9 cm³/mol. The van der Waals surface area contributed by atoms with Crippen molar-refractivity contribution in [1.82, 2.24) is 0 Å². The molecular weight excluding hydrogens is 376 g/mol. The van der Waals surface area contributed by atoms with Crippen molar-refractivity contribution in [3.63, 3.8) is 0 Å². The first-order valence-electron chi connectivity index (χ1n) is 8.58. The molecule has 0 spiro atoms. The number of hydrogen-bond acceptors (Lipinski definition) is 2. The lowest BCUT2D eigenvalue weighted by Gasteiger charge is -2.47. The van der Waals surface area contributed by atoms with E-state index in [1.807, 2.05) is 0 Å². The van der Waals surface area contributed by atoms with Gasteiger partial charge in [0.25, 0.3) is 5.67 Å². The van der Waals surface area contributed by atoms with E-state index < -0.39 is 60.6 Å². The molecule has 2 aliphatic rings. The zero-order valence-corrected chi connectivity index (χ0v) is 14.0. The standard InChI is InChI=1S/C16H22F8O2/c17-13(15(19,20)21)9-5-8-12(26,10-14(13,18)16(22,23)24)11(25)6-3-1-2-4-7-11/h25-26H,1-10H2. The molecule has 0 aromatic rings. The van der Waals surface area contributed by atoms with Crippen LogP contribution < -0.4 is 0 Å². The summed E-state index contributed by atoms with van der Waals surface area (Å²) in [7, 11) is 0. The van der Waals surface area contributed by atoms with Gasteiger partial charge >= 0.3 is 12.4 Å². The van der Waals surface area contributed by atoms with Gasteiger partial charge in [-0.25, -0.2) is 8.78 Å². The number of alkyl halides is 8. The van der Waals surface area contributed by atoms with Crippen molar-refractivity contribution in [3.8, 4) is 0 Å². The van der Waals surface area contributed by atoms with Crippen LogP contribution in [0, 0.1) is 0 Å². The van der Waals surface area contributed by atoms with E-state index >= 15 is 0 Å². The lowest BCUT2D eigenvalue weighted by molar-refractivity contribution is -0.353. The molecule has 0 bridgehead atoms. The van der Waals surface area contributed by atoms with Gasteiger partial charge in [-0.05, 0) is 32.1 Å². The summed E-state index contributed by atoms with van der Waals surface area (Å²) in [6, 6.07) is 0. The average molecular weight is 398 g/mol. The quantitative estimate of drug-likeness (QED) is 0.486. The van der Waals surface area contributed by atoms with E-state index in [-0.39, 0.29) is 12.8 Å². The van der Waals surface area contributed by atoms with Gasteiger partial charge in [-0.3, -0.25) is 0 Å². The van der Waals surface area contributed by atoms with Crippen LogP contribution in [0.25, 0.3) is 0 Å². The molecule has 2 rings (SSSR count). The van der Waals surface area contributed by atoms with E-state index in [9.17, 15) is 45.3 Å². The molecular formula is C16H22F8O2. The maximum atomic E-state index is 14.9. The van der Waals surface area contributed by atoms with E-state index in [0.29, 0.717) is 25.7 Å². The van der Waals surface area contributed by atoms with Gasteiger partial charge < -0.3 is 10.2 Å². The van der Waals surface area contributed by atoms with E-state index in [4.69, 9.17) is 0 Å². The minimum Gasteiger partial charge on any atom is -0.387 e. The van der Waals surface area contributed by atoms with Gasteiger partial charge in [0.15, 0.2) is 0 Å². The molecule has 0 saturated heterocycles. The minimum atomic E-state index is -6.21. The number of hydrogen-bond donors (Lipinski definition) is 2. The summed E-state index contributed by atoms with van der Waals surface area (Å²) in [5.41, 5.74) is -15.5. The molecule has 154 valence electrons. The fourth-order valence-corrected chi connectivity index (χ4v) is 4.32. The first-order valence-corrected chi connectivity index (χ1v) is 8.58.